The maximum Gasteiger partial charge on any atom is 0.139 e. The van der Waals surface area contributed by atoms with Crippen molar-refractivity contribution in [2.75, 3.05) is 26.6 Å². The molecule has 2 aromatic rings. The molecule has 0 aliphatic carbocycles. The molecule has 1 N–H and O–H groups in total. The van der Waals surface area contributed by atoms with Crippen molar-refractivity contribution in [3.8, 4) is 0 Å². The van der Waals surface area contributed by atoms with Crippen LogP contribution in [0.4, 0.5) is 4.39 Å². The molecule has 0 saturated heterocycles. The molecule has 1 heterocycles. The smallest absolute Gasteiger partial charge is 0.139 e. The quantitative estimate of drug-likeness (QED) is 0.823. The zero-order chi connectivity index (χ0) is 12.3. The summed E-state index contributed by atoms with van der Waals surface area (Å²) < 4.78 is 12.5. The van der Waals surface area contributed by atoms with Crippen LogP contribution in [-0.4, -0.2) is 36.5 Å². The Bertz CT molecular complexity index is 493. The zero-order valence-corrected chi connectivity index (χ0v) is 11.0. The molecule has 0 spiro atoms. The van der Waals surface area contributed by atoms with Gasteiger partial charge in [-0.1, -0.05) is 17.8 Å². The van der Waals surface area contributed by atoms with Gasteiger partial charge in [0.1, 0.15) is 6.01 Å². The summed E-state index contributed by atoms with van der Waals surface area (Å²) in [6, 6.07) is 5.61. The van der Waals surface area contributed by atoms with Crippen LogP contribution >= 0.6 is 11.8 Å². The van der Waals surface area contributed by atoms with Crippen molar-refractivity contribution in [3.63, 3.8) is 0 Å². The van der Waals surface area contributed by atoms with E-state index in [9.17, 15) is 4.39 Å². The molecule has 0 fully saturated rings. The highest BCUT2D eigenvalue weighted by molar-refractivity contribution is 7.99. The molecular weight excluding hydrogens is 235 g/mol. The van der Waals surface area contributed by atoms with E-state index in [1.54, 1.807) is 0 Å². The summed E-state index contributed by atoms with van der Waals surface area (Å²) >= 11 is 1.26. The van der Waals surface area contributed by atoms with Gasteiger partial charge < -0.3 is 9.88 Å². The van der Waals surface area contributed by atoms with Crippen molar-refractivity contribution in [1.29, 1.82) is 0 Å². The molecule has 4 heteroatoms. The number of nitrogens with zero attached hydrogens (tertiary/aromatic N) is 1. The van der Waals surface area contributed by atoms with Crippen LogP contribution in [0, 0.1) is 0 Å². The average molecular weight is 252 g/mol. The van der Waals surface area contributed by atoms with Crippen LogP contribution in [-0.2, 0) is 6.42 Å². The normalized spacial score (nSPS) is 11.5. The number of likely N-dealkylation sites (N-methyl/N-ethyl adjacent to an activating group) is 1. The summed E-state index contributed by atoms with van der Waals surface area (Å²) in [7, 11) is 4.12. The number of thioether (sulfide) groups is 1. The summed E-state index contributed by atoms with van der Waals surface area (Å²) in [5, 5.41) is 1.18. The lowest BCUT2D eigenvalue weighted by Crippen LogP contribution is -2.14. The number of H-pyrrole nitrogens is 1. The molecular formula is C13H17FN2S. The largest absolute Gasteiger partial charge is 0.361 e. The third-order valence-corrected chi connectivity index (χ3v) is 3.55. The number of hydrogen-bond donors (Lipinski definition) is 1. The van der Waals surface area contributed by atoms with Gasteiger partial charge in [-0.15, -0.1) is 0 Å². The van der Waals surface area contributed by atoms with Gasteiger partial charge in [-0.05, 0) is 38.2 Å². The van der Waals surface area contributed by atoms with E-state index >= 15 is 0 Å². The van der Waals surface area contributed by atoms with E-state index in [2.05, 4.69) is 24.0 Å². The van der Waals surface area contributed by atoms with Crippen LogP contribution in [0.3, 0.4) is 0 Å². The van der Waals surface area contributed by atoms with Gasteiger partial charge in [0.15, 0.2) is 0 Å². The first-order chi connectivity index (χ1) is 8.22. The minimum absolute atomic E-state index is 0.378. The number of nitrogens with one attached hydrogen (secondary N) is 1. The van der Waals surface area contributed by atoms with Crippen LogP contribution in [0.1, 0.15) is 5.56 Å². The average Bonchev–Trinajstić information content (AvgIpc) is 2.71. The van der Waals surface area contributed by atoms with Crippen LogP contribution in [0.25, 0.3) is 10.9 Å². The van der Waals surface area contributed by atoms with Crippen molar-refractivity contribution in [2.45, 2.75) is 11.3 Å². The maximum atomic E-state index is 12.5. The second-order valence-electron chi connectivity index (χ2n) is 4.30. The van der Waals surface area contributed by atoms with Gasteiger partial charge in [-0.25, -0.2) is 4.39 Å². The Balaban J connectivity index is 2.35. The van der Waals surface area contributed by atoms with Crippen molar-refractivity contribution >= 4 is 22.7 Å². The SMILES string of the molecule is CN(C)CCc1c[nH]c2cccc(SCF)c12. The molecule has 0 radical (unpaired) electrons. The summed E-state index contributed by atoms with van der Waals surface area (Å²) in [5.74, 6) is 0. The molecule has 0 atom stereocenters. The van der Waals surface area contributed by atoms with E-state index in [1.165, 1.54) is 22.7 Å². The van der Waals surface area contributed by atoms with Crippen molar-refractivity contribution in [2.24, 2.45) is 0 Å². The minimum atomic E-state index is -0.378. The van der Waals surface area contributed by atoms with Crippen LogP contribution in [0.2, 0.25) is 0 Å². The molecule has 0 aliphatic heterocycles. The lowest BCUT2D eigenvalue weighted by molar-refractivity contribution is 0.414. The predicted octanol–water partition coefficient (Wildman–Crippen LogP) is 3.29. The Morgan fingerprint density at radius 3 is 2.88 bits per heavy atom. The van der Waals surface area contributed by atoms with Gasteiger partial charge in [0.25, 0.3) is 0 Å². The maximum absolute atomic E-state index is 12.5. The Morgan fingerprint density at radius 2 is 2.18 bits per heavy atom. The molecule has 0 bridgehead atoms. The lowest BCUT2D eigenvalue weighted by atomic mass is 10.1. The van der Waals surface area contributed by atoms with Crippen molar-refractivity contribution < 1.29 is 4.39 Å². The second kappa shape index (κ2) is 5.56. The van der Waals surface area contributed by atoms with Gasteiger partial charge in [0.05, 0.1) is 0 Å². The molecule has 17 heavy (non-hydrogen) atoms. The van der Waals surface area contributed by atoms with E-state index in [1.807, 2.05) is 24.4 Å². The van der Waals surface area contributed by atoms with Crippen LogP contribution in [0.5, 0.6) is 0 Å². The molecule has 0 unspecified atom stereocenters. The number of aromatic amines is 1. The molecule has 2 rings (SSSR count). The predicted molar refractivity (Wildman–Crippen MR) is 72.4 cm³/mol. The third-order valence-electron chi connectivity index (χ3n) is 2.79. The highest BCUT2D eigenvalue weighted by atomic mass is 32.2. The summed E-state index contributed by atoms with van der Waals surface area (Å²) in [5.41, 5.74) is 2.36. The fourth-order valence-corrected chi connectivity index (χ4v) is 2.62. The summed E-state index contributed by atoms with van der Waals surface area (Å²) in [4.78, 5) is 6.44. The molecule has 92 valence electrons. The number of hydrogen-bond acceptors (Lipinski definition) is 2. The number of fused-ring (bicyclic) bond motifs is 1. The summed E-state index contributed by atoms with van der Waals surface area (Å²) in [6.07, 6.45) is 3.02. The van der Waals surface area contributed by atoms with Gasteiger partial charge in [0, 0.05) is 28.5 Å². The minimum Gasteiger partial charge on any atom is -0.361 e. The van der Waals surface area contributed by atoms with Gasteiger partial charge in [-0.2, -0.15) is 0 Å². The van der Waals surface area contributed by atoms with E-state index in [0.29, 0.717) is 0 Å². The highest BCUT2D eigenvalue weighted by Gasteiger charge is 2.08. The highest BCUT2D eigenvalue weighted by Crippen LogP contribution is 2.30. The number of halogens is 1. The first-order valence-electron chi connectivity index (χ1n) is 5.65. The van der Waals surface area contributed by atoms with E-state index < -0.39 is 0 Å². The Labute approximate surface area is 105 Å². The third kappa shape index (κ3) is 2.82. The van der Waals surface area contributed by atoms with Crippen molar-refractivity contribution in [1.82, 2.24) is 9.88 Å². The van der Waals surface area contributed by atoms with Gasteiger partial charge >= 0.3 is 0 Å². The molecule has 1 aromatic heterocycles. The Kier molecular flexibility index (Phi) is 4.07. The number of aromatic nitrogens is 1. The van der Waals surface area contributed by atoms with E-state index in [0.717, 1.165) is 23.4 Å². The zero-order valence-electron chi connectivity index (χ0n) is 10.2. The second-order valence-corrected chi connectivity index (χ2v) is 5.25. The fourth-order valence-electron chi connectivity index (χ4n) is 1.94. The standard InChI is InChI=1S/C13H17FN2S/c1-16(2)7-6-10-8-15-11-4-3-5-12(13(10)11)17-9-14/h3-5,8,15H,6-7,9H2,1-2H3. The molecule has 2 nitrogen and oxygen atoms in total. The van der Waals surface area contributed by atoms with Gasteiger partial charge in [0.2, 0.25) is 0 Å². The first kappa shape index (κ1) is 12.5. The Hall–Kier alpha value is -1.000. The number of alkyl halides is 1. The molecule has 0 amide bonds. The lowest BCUT2D eigenvalue weighted by Gasteiger charge is -2.09. The van der Waals surface area contributed by atoms with Crippen LogP contribution in [0.15, 0.2) is 29.3 Å². The molecule has 1 aromatic carbocycles. The first-order valence-corrected chi connectivity index (χ1v) is 6.63. The topological polar surface area (TPSA) is 19.0 Å². The fraction of sp³-hybridized carbons (Fsp3) is 0.385. The van der Waals surface area contributed by atoms with E-state index in [4.69, 9.17) is 0 Å². The monoisotopic (exact) mass is 252 g/mol. The Morgan fingerprint density at radius 1 is 1.35 bits per heavy atom. The molecule has 0 saturated carbocycles. The number of rotatable bonds is 5. The van der Waals surface area contributed by atoms with E-state index in [-0.39, 0.29) is 6.01 Å². The molecule has 0 aliphatic rings. The van der Waals surface area contributed by atoms with Crippen LogP contribution < -0.4 is 0 Å². The van der Waals surface area contributed by atoms with Gasteiger partial charge in [-0.3, -0.25) is 0 Å². The number of benzene rings is 1. The van der Waals surface area contributed by atoms with Crippen molar-refractivity contribution in [3.05, 3.63) is 30.0 Å². The summed E-state index contributed by atoms with van der Waals surface area (Å²) in [6.45, 7) is 1.00.